The zero-order valence-corrected chi connectivity index (χ0v) is 10.5. The number of furan rings is 1. The first kappa shape index (κ1) is 11.8. The molecule has 2 aromatic carbocycles. The Bertz CT molecular complexity index is 774. The largest absolute Gasteiger partial charge is 0.478 e. The van der Waals surface area contributed by atoms with Crippen LogP contribution in [-0.2, 0) is 0 Å². The molecule has 19 heavy (non-hydrogen) atoms. The summed E-state index contributed by atoms with van der Waals surface area (Å²) in [5.74, 6) is -1.00. The zero-order valence-electron chi connectivity index (χ0n) is 9.76. The molecular formula is C15H9ClO3. The number of hydrogen-bond acceptors (Lipinski definition) is 2. The van der Waals surface area contributed by atoms with Gasteiger partial charge in [-0.05, 0) is 23.8 Å². The van der Waals surface area contributed by atoms with Gasteiger partial charge >= 0.3 is 5.97 Å². The van der Waals surface area contributed by atoms with Gasteiger partial charge in [-0.2, -0.15) is 0 Å². The average Bonchev–Trinajstić information content (AvgIpc) is 2.82. The molecule has 0 aliphatic heterocycles. The van der Waals surface area contributed by atoms with Crippen molar-refractivity contribution in [2.24, 2.45) is 0 Å². The van der Waals surface area contributed by atoms with E-state index in [1.165, 1.54) is 6.07 Å². The molecule has 94 valence electrons. The number of carboxylic acid groups (broad SMARTS) is 1. The molecule has 1 heterocycles. The molecule has 0 aliphatic carbocycles. The smallest absolute Gasteiger partial charge is 0.339 e. The highest BCUT2D eigenvalue weighted by molar-refractivity contribution is 6.30. The van der Waals surface area contributed by atoms with Crippen LogP contribution in [0.25, 0.3) is 22.1 Å². The second-order valence-electron chi connectivity index (χ2n) is 4.15. The number of carboxylic acids is 1. The van der Waals surface area contributed by atoms with Gasteiger partial charge in [-0.25, -0.2) is 4.79 Å². The van der Waals surface area contributed by atoms with Gasteiger partial charge in [0.2, 0.25) is 0 Å². The summed E-state index contributed by atoms with van der Waals surface area (Å²) in [4.78, 5) is 11.1. The molecule has 0 radical (unpaired) electrons. The summed E-state index contributed by atoms with van der Waals surface area (Å²) in [5.41, 5.74) is 2.27. The van der Waals surface area contributed by atoms with Crippen molar-refractivity contribution in [2.75, 3.05) is 0 Å². The van der Waals surface area contributed by atoms with Crippen molar-refractivity contribution < 1.29 is 14.3 Å². The van der Waals surface area contributed by atoms with Crippen LogP contribution in [-0.4, -0.2) is 11.1 Å². The van der Waals surface area contributed by atoms with Crippen LogP contribution in [0.5, 0.6) is 0 Å². The Morgan fingerprint density at radius 1 is 1.16 bits per heavy atom. The summed E-state index contributed by atoms with van der Waals surface area (Å²) in [7, 11) is 0. The van der Waals surface area contributed by atoms with Crippen LogP contribution in [0, 0.1) is 0 Å². The van der Waals surface area contributed by atoms with Crippen LogP contribution in [0.3, 0.4) is 0 Å². The highest BCUT2D eigenvalue weighted by Gasteiger charge is 2.15. The molecule has 4 heteroatoms. The lowest BCUT2D eigenvalue weighted by molar-refractivity contribution is 0.0698. The molecule has 0 saturated carbocycles. The minimum absolute atomic E-state index is 0.158. The molecule has 0 atom stereocenters. The van der Waals surface area contributed by atoms with Crippen LogP contribution in [0.15, 0.2) is 53.1 Å². The lowest BCUT2D eigenvalue weighted by atomic mass is 10.0. The van der Waals surface area contributed by atoms with Crippen LogP contribution in [0.2, 0.25) is 5.02 Å². The lowest BCUT2D eigenvalue weighted by Gasteiger charge is -2.00. The molecule has 0 unspecified atom stereocenters. The maximum atomic E-state index is 11.1. The second-order valence-corrected chi connectivity index (χ2v) is 4.58. The number of benzene rings is 2. The summed E-state index contributed by atoms with van der Waals surface area (Å²) in [6.07, 6.45) is 1.56. The molecule has 3 nitrogen and oxygen atoms in total. The molecule has 0 saturated heterocycles. The first-order chi connectivity index (χ1) is 9.16. The molecule has 1 N–H and O–H groups in total. The fourth-order valence-electron chi connectivity index (χ4n) is 2.11. The van der Waals surface area contributed by atoms with E-state index in [0.29, 0.717) is 10.6 Å². The van der Waals surface area contributed by atoms with Gasteiger partial charge in [-0.3, -0.25) is 0 Å². The maximum Gasteiger partial charge on any atom is 0.339 e. The van der Waals surface area contributed by atoms with Crippen molar-refractivity contribution in [1.29, 1.82) is 0 Å². The van der Waals surface area contributed by atoms with Crippen LogP contribution < -0.4 is 0 Å². The Kier molecular flexibility index (Phi) is 2.76. The summed E-state index contributed by atoms with van der Waals surface area (Å²) in [5, 5.41) is 10.5. The molecule has 0 bridgehead atoms. The van der Waals surface area contributed by atoms with Crippen molar-refractivity contribution in [3.8, 4) is 11.1 Å². The van der Waals surface area contributed by atoms with Crippen LogP contribution in [0.1, 0.15) is 10.4 Å². The maximum absolute atomic E-state index is 11.1. The molecule has 3 aromatic rings. The van der Waals surface area contributed by atoms with E-state index in [4.69, 9.17) is 21.1 Å². The molecule has 0 fully saturated rings. The van der Waals surface area contributed by atoms with Crippen LogP contribution in [0.4, 0.5) is 0 Å². The average molecular weight is 273 g/mol. The Morgan fingerprint density at radius 2 is 1.95 bits per heavy atom. The van der Waals surface area contributed by atoms with E-state index in [9.17, 15) is 4.79 Å². The van der Waals surface area contributed by atoms with Crippen LogP contribution >= 0.6 is 11.6 Å². The first-order valence-electron chi connectivity index (χ1n) is 5.66. The van der Waals surface area contributed by atoms with E-state index in [2.05, 4.69) is 0 Å². The Labute approximate surface area is 114 Å². The summed E-state index contributed by atoms with van der Waals surface area (Å²) in [6, 6.07) is 12.4. The number of aromatic carboxylic acids is 1. The van der Waals surface area contributed by atoms with Gasteiger partial charge in [0.15, 0.2) is 0 Å². The Morgan fingerprint density at radius 3 is 2.68 bits per heavy atom. The fraction of sp³-hybridized carbons (Fsp3) is 0. The second kappa shape index (κ2) is 4.44. The number of rotatable bonds is 2. The van der Waals surface area contributed by atoms with Gasteiger partial charge in [-0.15, -0.1) is 0 Å². The van der Waals surface area contributed by atoms with E-state index in [-0.39, 0.29) is 5.56 Å². The van der Waals surface area contributed by atoms with Gasteiger partial charge in [0.05, 0.1) is 6.26 Å². The Hall–Kier alpha value is -2.26. The third-order valence-electron chi connectivity index (χ3n) is 2.97. The van der Waals surface area contributed by atoms with Gasteiger partial charge in [0, 0.05) is 16.0 Å². The quantitative estimate of drug-likeness (QED) is 0.750. The topological polar surface area (TPSA) is 50.4 Å². The predicted octanol–water partition coefficient (Wildman–Crippen LogP) is 4.45. The zero-order chi connectivity index (χ0) is 13.4. The third-order valence-corrected chi connectivity index (χ3v) is 3.20. The van der Waals surface area contributed by atoms with Crippen molar-refractivity contribution in [1.82, 2.24) is 0 Å². The summed E-state index contributed by atoms with van der Waals surface area (Å²) >= 11 is 5.97. The number of halogens is 1. The fourth-order valence-corrected chi connectivity index (χ4v) is 2.30. The van der Waals surface area contributed by atoms with E-state index in [1.54, 1.807) is 18.4 Å². The van der Waals surface area contributed by atoms with Crippen molar-refractivity contribution in [3.05, 3.63) is 59.3 Å². The summed E-state index contributed by atoms with van der Waals surface area (Å²) in [6.45, 7) is 0. The summed E-state index contributed by atoms with van der Waals surface area (Å²) < 4.78 is 5.41. The van der Waals surface area contributed by atoms with Crippen molar-refractivity contribution >= 4 is 28.5 Å². The van der Waals surface area contributed by atoms with Gasteiger partial charge in [0.25, 0.3) is 0 Å². The molecular weight excluding hydrogens is 264 g/mol. The van der Waals surface area contributed by atoms with Crippen molar-refractivity contribution in [3.63, 3.8) is 0 Å². The van der Waals surface area contributed by atoms with E-state index < -0.39 is 5.97 Å². The van der Waals surface area contributed by atoms with Crippen molar-refractivity contribution in [2.45, 2.75) is 0 Å². The monoisotopic (exact) mass is 272 g/mol. The standard InChI is InChI=1S/C15H9ClO3/c16-10-4-1-3-9(7-10)13-8-19-14-11(13)5-2-6-12(14)15(17)18/h1-8H,(H,17,18). The highest BCUT2D eigenvalue weighted by atomic mass is 35.5. The van der Waals surface area contributed by atoms with Gasteiger partial charge < -0.3 is 9.52 Å². The third kappa shape index (κ3) is 1.98. The normalized spacial score (nSPS) is 10.8. The molecule has 1 aromatic heterocycles. The number of fused-ring (bicyclic) bond motifs is 1. The number of hydrogen-bond donors (Lipinski definition) is 1. The number of para-hydroxylation sites is 1. The van der Waals surface area contributed by atoms with E-state index in [1.807, 2.05) is 24.3 Å². The first-order valence-corrected chi connectivity index (χ1v) is 6.04. The van der Waals surface area contributed by atoms with Gasteiger partial charge in [0.1, 0.15) is 11.1 Å². The minimum Gasteiger partial charge on any atom is -0.478 e. The molecule has 0 aliphatic rings. The van der Waals surface area contributed by atoms with Gasteiger partial charge in [-0.1, -0.05) is 35.9 Å². The minimum atomic E-state index is -1.00. The molecule has 0 amide bonds. The van der Waals surface area contributed by atoms with E-state index in [0.717, 1.165) is 16.5 Å². The Balaban J connectivity index is 2.27. The lowest BCUT2D eigenvalue weighted by Crippen LogP contribution is -1.95. The molecule has 3 rings (SSSR count). The predicted molar refractivity (Wildman–Crippen MR) is 73.6 cm³/mol. The molecule has 0 spiro atoms. The number of carbonyl (C=O) groups is 1. The SMILES string of the molecule is O=C(O)c1cccc2c(-c3cccc(Cl)c3)coc12. The highest BCUT2D eigenvalue weighted by Crippen LogP contribution is 2.33. The van der Waals surface area contributed by atoms with E-state index >= 15 is 0 Å².